The first-order valence-electron chi connectivity index (χ1n) is 5.20. The van der Waals surface area contributed by atoms with Crippen molar-refractivity contribution in [3.8, 4) is 0 Å². The van der Waals surface area contributed by atoms with Crippen LogP contribution < -0.4 is 4.90 Å². The molecule has 0 heterocycles. The van der Waals surface area contributed by atoms with Crippen LogP contribution in [0.4, 0.5) is 10.1 Å². The number of hydrogen-bond acceptors (Lipinski definition) is 2. The van der Waals surface area contributed by atoms with Crippen LogP contribution in [0.1, 0.15) is 13.8 Å². The van der Waals surface area contributed by atoms with Crippen LogP contribution in [0, 0.1) is 5.82 Å². The van der Waals surface area contributed by atoms with Crippen LogP contribution >= 0.6 is 0 Å². The van der Waals surface area contributed by atoms with Crippen molar-refractivity contribution in [3.63, 3.8) is 0 Å². The van der Waals surface area contributed by atoms with E-state index in [-0.39, 0.29) is 5.91 Å². The van der Waals surface area contributed by atoms with Gasteiger partial charge in [-0.05, 0) is 26.0 Å². The SMILES string of the molecule is CCN(C(=O)C(C)OC)c1ccccc1F. The summed E-state index contributed by atoms with van der Waals surface area (Å²) in [4.78, 5) is 13.3. The zero-order chi connectivity index (χ0) is 12.1. The van der Waals surface area contributed by atoms with E-state index in [2.05, 4.69) is 0 Å². The molecule has 0 aliphatic carbocycles. The molecule has 0 fully saturated rings. The predicted molar refractivity (Wildman–Crippen MR) is 60.9 cm³/mol. The first kappa shape index (κ1) is 12.6. The molecule has 1 unspecified atom stereocenters. The Kier molecular flexibility index (Phi) is 4.43. The lowest BCUT2D eigenvalue weighted by atomic mass is 10.2. The topological polar surface area (TPSA) is 29.5 Å². The molecule has 1 aromatic rings. The Morgan fingerprint density at radius 1 is 1.50 bits per heavy atom. The highest BCUT2D eigenvalue weighted by Gasteiger charge is 2.22. The smallest absolute Gasteiger partial charge is 0.255 e. The summed E-state index contributed by atoms with van der Waals surface area (Å²) in [5.41, 5.74) is 0.291. The molecular formula is C12H16FNO2. The summed E-state index contributed by atoms with van der Waals surface area (Å²) >= 11 is 0. The molecule has 1 amide bonds. The molecule has 0 aliphatic rings. The summed E-state index contributed by atoms with van der Waals surface area (Å²) in [5, 5.41) is 0. The molecule has 16 heavy (non-hydrogen) atoms. The normalized spacial score (nSPS) is 12.2. The number of anilines is 1. The molecule has 3 nitrogen and oxygen atoms in total. The maximum atomic E-state index is 13.5. The van der Waals surface area contributed by atoms with Gasteiger partial charge < -0.3 is 9.64 Å². The molecule has 1 rings (SSSR count). The van der Waals surface area contributed by atoms with Crippen molar-refractivity contribution in [2.24, 2.45) is 0 Å². The van der Waals surface area contributed by atoms with E-state index in [0.29, 0.717) is 12.2 Å². The van der Waals surface area contributed by atoms with Gasteiger partial charge in [0.2, 0.25) is 0 Å². The van der Waals surface area contributed by atoms with Crippen molar-refractivity contribution >= 4 is 11.6 Å². The number of amides is 1. The molecular weight excluding hydrogens is 209 g/mol. The molecule has 0 radical (unpaired) electrons. The number of benzene rings is 1. The summed E-state index contributed by atoms with van der Waals surface area (Å²) in [7, 11) is 1.46. The number of carbonyl (C=O) groups is 1. The van der Waals surface area contributed by atoms with Crippen LogP contribution in [-0.4, -0.2) is 25.7 Å². The number of halogens is 1. The van der Waals surface area contributed by atoms with Gasteiger partial charge in [0.25, 0.3) is 5.91 Å². The fourth-order valence-corrected chi connectivity index (χ4v) is 1.44. The van der Waals surface area contributed by atoms with E-state index < -0.39 is 11.9 Å². The van der Waals surface area contributed by atoms with Gasteiger partial charge in [-0.2, -0.15) is 0 Å². The highest BCUT2D eigenvalue weighted by Crippen LogP contribution is 2.19. The molecule has 0 spiro atoms. The molecule has 1 atom stereocenters. The van der Waals surface area contributed by atoms with Crippen LogP contribution in [0.3, 0.4) is 0 Å². The van der Waals surface area contributed by atoms with Crippen LogP contribution in [0.5, 0.6) is 0 Å². The summed E-state index contributed by atoms with van der Waals surface area (Å²) in [6, 6.07) is 6.21. The van der Waals surface area contributed by atoms with Crippen molar-refractivity contribution in [3.05, 3.63) is 30.1 Å². The molecule has 0 saturated heterocycles. The molecule has 0 N–H and O–H groups in total. The van der Waals surface area contributed by atoms with Crippen LogP contribution in [-0.2, 0) is 9.53 Å². The zero-order valence-corrected chi connectivity index (χ0v) is 9.74. The highest BCUT2D eigenvalue weighted by atomic mass is 19.1. The van der Waals surface area contributed by atoms with Gasteiger partial charge in [-0.25, -0.2) is 4.39 Å². The van der Waals surface area contributed by atoms with Gasteiger partial charge in [0.1, 0.15) is 11.9 Å². The summed E-state index contributed by atoms with van der Waals surface area (Å²) in [6.07, 6.45) is -0.570. The number of rotatable bonds is 4. The molecule has 1 aromatic carbocycles. The minimum absolute atomic E-state index is 0.241. The van der Waals surface area contributed by atoms with Crippen molar-refractivity contribution in [2.75, 3.05) is 18.6 Å². The zero-order valence-electron chi connectivity index (χ0n) is 9.74. The number of carbonyl (C=O) groups excluding carboxylic acids is 1. The van der Waals surface area contributed by atoms with Gasteiger partial charge in [0.05, 0.1) is 5.69 Å². The second-order valence-electron chi connectivity index (χ2n) is 3.41. The fraction of sp³-hybridized carbons (Fsp3) is 0.417. The van der Waals surface area contributed by atoms with E-state index in [0.717, 1.165) is 0 Å². The fourth-order valence-electron chi connectivity index (χ4n) is 1.44. The number of ether oxygens (including phenoxy) is 1. The second kappa shape index (κ2) is 5.61. The van der Waals surface area contributed by atoms with E-state index in [1.165, 1.54) is 18.1 Å². The van der Waals surface area contributed by atoms with Crippen LogP contribution in [0.25, 0.3) is 0 Å². The van der Waals surface area contributed by atoms with Gasteiger partial charge in [-0.1, -0.05) is 12.1 Å². The van der Waals surface area contributed by atoms with Gasteiger partial charge in [0.15, 0.2) is 0 Å². The number of para-hydroxylation sites is 1. The molecule has 0 saturated carbocycles. The van der Waals surface area contributed by atoms with Gasteiger partial charge in [-0.3, -0.25) is 4.79 Å². The highest BCUT2D eigenvalue weighted by molar-refractivity contribution is 5.96. The average molecular weight is 225 g/mol. The third kappa shape index (κ3) is 2.58. The minimum atomic E-state index is -0.570. The third-order valence-electron chi connectivity index (χ3n) is 2.43. The summed E-state index contributed by atoms with van der Waals surface area (Å²) < 4.78 is 18.5. The lowest BCUT2D eigenvalue weighted by Crippen LogP contribution is -2.39. The quantitative estimate of drug-likeness (QED) is 0.786. The molecule has 4 heteroatoms. The van der Waals surface area contributed by atoms with E-state index in [9.17, 15) is 9.18 Å². The first-order valence-corrected chi connectivity index (χ1v) is 5.20. The monoisotopic (exact) mass is 225 g/mol. The molecule has 0 aliphatic heterocycles. The second-order valence-corrected chi connectivity index (χ2v) is 3.41. The van der Waals surface area contributed by atoms with E-state index in [4.69, 9.17) is 4.74 Å². The Balaban J connectivity index is 2.99. The summed E-state index contributed by atoms with van der Waals surface area (Å²) in [5.74, 6) is -0.642. The lowest BCUT2D eigenvalue weighted by molar-refractivity contribution is -0.127. The number of likely N-dealkylation sites (N-methyl/N-ethyl adjacent to an activating group) is 1. The van der Waals surface area contributed by atoms with Crippen LogP contribution in [0.15, 0.2) is 24.3 Å². The van der Waals surface area contributed by atoms with E-state index in [1.54, 1.807) is 32.0 Å². The van der Waals surface area contributed by atoms with E-state index in [1.807, 2.05) is 0 Å². The third-order valence-corrected chi connectivity index (χ3v) is 2.43. The lowest BCUT2D eigenvalue weighted by Gasteiger charge is -2.24. The largest absolute Gasteiger partial charge is 0.372 e. The maximum Gasteiger partial charge on any atom is 0.255 e. The molecule has 0 aromatic heterocycles. The van der Waals surface area contributed by atoms with Gasteiger partial charge >= 0.3 is 0 Å². The predicted octanol–water partition coefficient (Wildman–Crippen LogP) is 2.21. The molecule has 88 valence electrons. The van der Waals surface area contributed by atoms with Crippen molar-refractivity contribution in [1.29, 1.82) is 0 Å². The van der Waals surface area contributed by atoms with Crippen molar-refractivity contribution in [2.45, 2.75) is 20.0 Å². The minimum Gasteiger partial charge on any atom is -0.372 e. The number of nitrogens with zero attached hydrogens (tertiary/aromatic N) is 1. The Labute approximate surface area is 94.8 Å². The van der Waals surface area contributed by atoms with Crippen molar-refractivity contribution < 1.29 is 13.9 Å². The molecule has 0 bridgehead atoms. The first-order chi connectivity index (χ1) is 7.61. The Bertz CT molecular complexity index is 368. The van der Waals surface area contributed by atoms with E-state index >= 15 is 0 Å². The summed E-state index contributed by atoms with van der Waals surface area (Å²) in [6.45, 7) is 3.85. The van der Waals surface area contributed by atoms with Crippen LogP contribution in [0.2, 0.25) is 0 Å². The number of methoxy groups -OCH3 is 1. The maximum absolute atomic E-state index is 13.5. The van der Waals surface area contributed by atoms with Gasteiger partial charge in [0, 0.05) is 13.7 Å². The van der Waals surface area contributed by atoms with Crippen molar-refractivity contribution in [1.82, 2.24) is 0 Å². The Morgan fingerprint density at radius 3 is 2.62 bits per heavy atom. The Morgan fingerprint density at radius 2 is 2.12 bits per heavy atom. The number of hydrogen-bond donors (Lipinski definition) is 0. The van der Waals surface area contributed by atoms with Gasteiger partial charge in [-0.15, -0.1) is 0 Å². The Hall–Kier alpha value is -1.42. The average Bonchev–Trinajstić information content (AvgIpc) is 2.31. The standard InChI is InChI=1S/C12H16FNO2/c1-4-14(12(15)9(2)16-3)11-8-6-5-7-10(11)13/h5-9H,4H2,1-3H3.